The molecule has 1 fully saturated rings. The molecule has 0 unspecified atom stereocenters. The van der Waals surface area contributed by atoms with Crippen molar-refractivity contribution < 1.29 is 9.59 Å². The maximum absolute atomic E-state index is 12.5. The first-order valence-electron chi connectivity index (χ1n) is 8.54. The zero-order valence-corrected chi connectivity index (χ0v) is 15.1. The van der Waals surface area contributed by atoms with Crippen LogP contribution in [-0.4, -0.2) is 62.0 Å². The maximum atomic E-state index is 12.5. The predicted octanol–water partition coefficient (Wildman–Crippen LogP) is 2.54. The number of carbonyl (C=O) groups is 2. The first-order valence-corrected chi connectivity index (χ1v) is 8.54. The van der Waals surface area contributed by atoms with Crippen molar-refractivity contribution in [3.8, 4) is 0 Å². The van der Waals surface area contributed by atoms with E-state index in [1.54, 1.807) is 4.90 Å². The average Bonchev–Trinajstić information content (AvgIpc) is 2.55. The van der Waals surface area contributed by atoms with Gasteiger partial charge < -0.3 is 20.0 Å². The smallest absolute Gasteiger partial charge is 0.322 e. The summed E-state index contributed by atoms with van der Waals surface area (Å²) in [4.78, 5) is 30.1. The molecule has 24 heavy (non-hydrogen) atoms. The number of unbranched alkanes of at least 4 members (excludes halogenated alkanes) is 1. The molecule has 0 aliphatic carbocycles. The highest BCUT2D eigenvalue weighted by molar-refractivity contribution is 5.94. The summed E-state index contributed by atoms with van der Waals surface area (Å²) < 4.78 is 0. The van der Waals surface area contributed by atoms with Crippen LogP contribution in [0, 0.1) is 6.92 Å². The van der Waals surface area contributed by atoms with Gasteiger partial charge in [-0.05, 0) is 31.0 Å². The van der Waals surface area contributed by atoms with Crippen LogP contribution in [0.25, 0.3) is 0 Å². The standard InChI is InChI=1S/C18H28N4O2/c1-5-6-9-21-10-11-22(13-17(21)23)18(24)19-16-12-15(20(3)4)8-7-14(16)2/h7-8,12H,5-6,9-11,13H2,1-4H3,(H,19,24). The van der Waals surface area contributed by atoms with Crippen molar-refractivity contribution in [1.82, 2.24) is 9.80 Å². The number of nitrogens with one attached hydrogen (secondary N) is 1. The minimum absolute atomic E-state index is 0.0311. The van der Waals surface area contributed by atoms with Crippen molar-refractivity contribution in [2.24, 2.45) is 0 Å². The summed E-state index contributed by atoms with van der Waals surface area (Å²) in [5.74, 6) is 0.0311. The van der Waals surface area contributed by atoms with E-state index in [0.29, 0.717) is 13.1 Å². The Balaban J connectivity index is 1.98. The molecule has 1 aliphatic rings. The van der Waals surface area contributed by atoms with Crippen molar-refractivity contribution in [3.63, 3.8) is 0 Å². The molecule has 0 aromatic heterocycles. The molecular weight excluding hydrogens is 304 g/mol. The summed E-state index contributed by atoms with van der Waals surface area (Å²) in [5, 5.41) is 2.94. The number of piperazine rings is 1. The number of rotatable bonds is 5. The van der Waals surface area contributed by atoms with Gasteiger partial charge in [0.25, 0.3) is 0 Å². The van der Waals surface area contributed by atoms with Gasteiger partial charge in [0, 0.05) is 45.1 Å². The molecule has 1 aliphatic heterocycles. The maximum Gasteiger partial charge on any atom is 0.322 e. The van der Waals surface area contributed by atoms with Crippen LogP contribution >= 0.6 is 0 Å². The lowest BCUT2D eigenvalue weighted by atomic mass is 10.1. The number of aryl methyl sites for hydroxylation is 1. The third-order valence-electron chi connectivity index (χ3n) is 4.37. The highest BCUT2D eigenvalue weighted by Gasteiger charge is 2.26. The second kappa shape index (κ2) is 8.04. The highest BCUT2D eigenvalue weighted by atomic mass is 16.2. The third-order valence-corrected chi connectivity index (χ3v) is 4.37. The van der Waals surface area contributed by atoms with E-state index in [2.05, 4.69) is 12.2 Å². The van der Waals surface area contributed by atoms with Crippen LogP contribution in [0.2, 0.25) is 0 Å². The topological polar surface area (TPSA) is 55.9 Å². The fourth-order valence-electron chi connectivity index (χ4n) is 2.68. The molecule has 0 spiro atoms. The van der Waals surface area contributed by atoms with Gasteiger partial charge in [0.1, 0.15) is 6.54 Å². The Morgan fingerprint density at radius 2 is 2.04 bits per heavy atom. The molecule has 0 radical (unpaired) electrons. The van der Waals surface area contributed by atoms with E-state index in [4.69, 9.17) is 0 Å². The van der Waals surface area contributed by atoms with Gasteiger partial charge >= 0.3 is 6.03 Å². The van der Waals surface area contributed by atoms with Gasteiger partial charge in [0.05, 0.1) is 0 Å². The largest absolute Gasteiger partial charge is 0.378 e. The number of amides is 3. The Kier molecular flexibility index (Phi) is 6.06. The number of anilines is 2. The van der Waals surface area contributed by atoms with Gasteiger partial charge in [0.15, 0.2) is 0 Å². The Bertz CT molecular complexity index is 601. The second-order valence-corrected chi connectivity index (χ2v) is 6.48. The molecule has 132 valence electrons. The Morgan fingerprint density at radius 3 is 2.67 bits per heavy atom. The fourth-order valence-corrected chi connectivity index (χ4v) is 2.68. The molecule has 1 N–H and O–H groups in total. The average molecular weight is 332 g/mol. The van der Waals surface area contributed by atoms with Crippen LogP contribution in [0.15, 0.2) is 18.2 Å². The summed E-state index contributed by atoms with van der Waals surface area (Å²) >= 11 is 0. The Morgan fingerprint density at radius 1 is 1.29 bits per heavy atom. The summed E-state index contributed by atoms with van der Waals surface area (Å²) in [7, 11) is 3.93. The monoisotopic (exact) mass is 332 g/mol. The van der Waals surface area contributed by atoms with E-state index >= 15 is 0 Å². The van der Waals surface area contributed by atoms with E-state index in [0.717, 1.165) is 36.3 Å². The van der Waals surface area contributed by atoms with Gasteiger partial charge in [0.2, 0.25) is 5.91 Å². The first kappa shape index (κ1) is 18.1. The van der Waals surface area contributed by atoms with Crippen LogP contribution < -0.4 is 10.2 Å². The zero-order chi connectivity index (χ0) is 17.7. The van der Waals surface area contributed by atoms with Crippen molar-refractivity contribution >= 4 is 23.3 Å². The first-order chi connectivity index (χ1) is 11.4. The summed E-state index contributed by atoms with van der Waals surface area (Å²) in [5.41, 5.74) is 2.81. The van der Waals surface area contributed by atoms with Gasteiger partial charge in [-0.25, -0.2) is 4.79 Å². The normalized spacial score (nSPS) is 14.8. The molecule has 0 atom stereocenters. The van der Waals surface area contributed by atoms with Crippen LogP contribution in [0.3, 0.4) is 0 Å². The fraction of sp³-hybridized carbons (Fsp3) is 0.556. The van der Waals surface area contributed by atoms with Crippen LogP contribution in [0.4, 0.5) is 16.2 Å². The van der Waals surface area contributed by atoms with Gasteiger partial charge in [-0.2, -0.15) is 0 Å². The second-order valence-electron chi connectivity index (χ2n) is 6.48. The molecule has 1 heterocycles. The summed E-state index contributed by atoms with van der Waals surface area (Å²) in [6.07, 6.45) is 2.07. The number of benzene rings is 1. The molecule has 1 aromatic rings. The van der Waals surface area contributed by atoms with Gasteiger partial charge in [-0.3, -0.25) is 4.79 Å². The lowest BCUT2D eigenvalue weighted by molar-refractivity contribution is -0.134. The zero-order valence-electron chi connectivity index (χ0n) is 15.1. The van der Waals surface area contributed by atoms with Crippen LogP contribution in [-0.2, 0) is 4.79 Å². The molecule has 1 saturated heterocycles. The molecule has 2 rings (SSSR count). The number of carbonyl (C=O) groups excluding carboxylic acids is 2. The number of hydrogen-bond acceptors (Lipinski definition) is 3. The third kappa shape index (κ3) is 4.40. The molecule has 6 nitrogen and oxygen atoms in total. The molecule has 0 bridgehead atoms. The van der Waals surface area contributed by atoms with E-state index in [1.807, 2.05) is 49.0 Å². The molecule has 3 amide bonds. The highest BCUT2D eigenvalue weighted by Crippen LogP contribution is 2.22. The van der Waals surface area contributed by atoms with Crippen molar-refractivity contribution in [2.45, 2.75) is 26.7 Å². The molecule has 1 aromatic carbocycles. The van der Waals surface area contributed by atoms with E-state index < -0.39 is 0 Å². The number of urea groups is 1. The predicted molar refractivity (Wildman–Crippen MR) is 97.6 cm³/mol. The van der Waals surface area contributed by atoms with Gasteiger partial charge in [-0.15, -0.1) is 0 Å². The Labute approximate surface area is 144 Å². The van der Waals surface area contributed by atoms with E-state index in [1.165, 1.54) is 0 Å². The molecule has 6 heteroatoms. The summed E-state index contributed by atoms with van der Waals surface area (Å²) in [6.45, 7) is 6.20. The van der Waals surface area contributed by atoms with Crippen molar-refractivity contribution in [2.75, 3.05) is 50.5 Å². The summed E-state index contributed by atoms with van der Waals surface area (Å²) in [6, 6.07) is 5.74. The van der Waals surface area contributed by atoms with Crippen molar-refractivity contribution in [1.29, 1.82) is 0 Å². The van der Waals surface area contributed by atoms with Gasteiger partial charge in [-0.1, -0.05) is 19.4 Å². The minimum atomic E-state index is -0.211. The lowest BCUT2D eigenvalue weighted by Gasteiger charge is -2.34. The van der Waals surface area contributed by atoms with E-state index in [9.17, 15) is 9.59 Å². The van der Waals surface area contributed by atoms with Crippen LogP contribution in [0.1, 0.15) is 25.3 Å². The minimum Gasteiger partial charge on any atom is -0.378 e. The number of hydrogen-bond donors (Lipinski definition) is 1. The lowest BCUT2D eigenvalue weighted by Crippen LogP contribution is -2.53. The molecular formula is C18H28N4O2. The number of nitrogens with zero attached hydrogens (tertiary/aromatic N) is 3. The quantitative estimate of drug-likeness (QED) is 0.901. The molecule has 0 saturated carbocycles. The SMILES string of the molecule is CCCCN1CCN(C(=O)Nc2cc(N(C)C)ccc2C)CC1=O. The van der Waals surface area contributed by atoms with Crippen LogP contribution in [0.5, 0.6) is 0 Å². The van der Waals surface area contributed by atoms with E-state index in [-0.39, 0.29) is 18.5 Å². The van der Waals surface area contributed by atoms with Crippen molar-refractivity contribution in [3.05, 3.63) is 23.8 Å². The Hall–Kier alpha value is -2.24.